The van der Waals surface area contributed by atoms with Crippen molar-refractivity contribution in [1.29, 1.82) is 0 Å². The maximum absolute atomic E-state index is 12.4. The van der Waals surface area contributed by atoms with E-state index in [9.17, 15) is 9.59 Å². The molecule has 0 amide bonds. The predicted molar refractivity (Wildman–Crippen MR) is 123 cm³/mol. The average Bonchev–Trinajstić information content (AvgIpc) is 3.41. The molecule has 0 spiro atoms. The minimum atomic E-state index is -0.452. The highest BCUT2D eigenvalue weighted by molar-refractivity contribution is 5.70. The number of ether oxygens (including phenoxy) is 1. The molecule has 4 rings (SSSR count). The molecular formula is C23H28N6O4. The molecule has 0 saturated heterocycles. The standard InChI is InChI=1S/C23H28N6O4/c1-4-6-8-18-25-20(27-33-18)15-9-11-16(12-10-15)32-14-17-24-21-19(28(17)3)22(30)26-23(31)29(21)13-7-5-2/h9-12H,4-8,13-14H2,1-3H3,(H,26,30,31). The summed E-state index contributed by atoms with van der Waals surface area (Å²) >= 11 is 0. The van der Waals surface area contributed by atoms with Gasteiger partial charge < -0.3 is 13.8 Å². The van der Waals surface area contributed by atoms with E-state index in [0.717, 1.165) is 37.7 Å². The normalized spacial score (nSPS) is 11.4. The van der Waals surface area contributed by atoms with Gasteiger partial charge in [0, 0.05) is 25.6 Å². The molecule has 10 nitrogen and oxygen atoms in total. The Balaban J connectivity index is 1.51. The highest BCUT2D eigenvalue weighted by Gasteiger charge is 2.17. The Labute approximate surface area is 190 Å². The summed E-state index contributed by atoms with van der Waals surface area (Å²) in [5.74, 6) is 2.38. The lowest BCUT2D eigenvalue weighted by Crippen LogP contribution is -2.31. The zero-order chi connectivity index (χ0) is 23.4. The highest BCUT2D eigenvalue weighted by Crippen LogP contribution is 2.21. The van der Waals surface area contributed by atoms with E-state index in [4.69, 9.17) is 9.26 Å². The van der Waals surface area contributed by atoms with Gasteiger partial charge in [-0.15, -0.1) is 0 Å². The minimum absolute atomic E-state index is 0.148. The molecule has 0 aliphatic rings. The molecule has 0 aliphatic heterocycles. The van der Waals surface area contributed by atoms with Crippen molar-refractivity contribution in [2.24, 2.45) is 7.05 Å². The lowest BCUT2D eigenvalue weighted by atomic mass is 10.2. The molecule has 0 fully saturated rings. The molecule has 0 atom stereocenters. The summed E-state index contributed by atoms with van der Waals surface area (Å²) in [6.45, 7) is 4.81. The van der Waals surface area contributed by atoms with Crippen LogP contribution in [0.2, 0.25) is 0 Å². The van der Waals surface area contributed by atoms with Crippen LogP contribution >= 0.6 is 0 Å². The van der Waals surface area contributed by atoms with Gasteiger partial charge >= 0.3 is 5.69 Å². The molecule has 0 aliphatic carbocycles. The first kappa shape index (κ1) is 22.5. The third-order valence-corrected chi connectivity index (χ3v) is 5.53. The Morgan fingerprint density at radius 3 is 2.55 bits per heavy atom. The zero-order valence-corrected chi connectivity index (χ0v) is 19.1. The predicted octanol–water partition coefficient (Wildman–Crippen LogP) is 3.20. The molecule has 1 N–H and O–H groups in total. The number of hydrogen-bond acceptors (Lipinski definition) is 7. The van der Waals surface area contributed by atoms with E-state index in [1.165, 1.54) is 4.57 Å². The van der Waals surface area contributed by atoms with Crippen molar-refractivity contribution in [2.75, 3.05) is 0 Å². The summed E-state index contributed by atoms with van der Waals surface area (Å²) in [6, 6.07) is 7.38. The van der Waals surface area contributed by atoms with Crippen molar-refractivity contribution in [3.63, 3.8) is 0 Å². The minimum Gasteiger partial charge on any atom is -0.486 e. The van der Waals surface area contributed by atoms with Gasteiger partial charge in [0.05, 0.1) is 0 Å². The lowest BCUT2D eigenvalue weighted by Gasteiger charge is -2.06. The first-order valence-electron chi connectivity index (χ1n) is 11.3. The fourth-order valence-corrected chi connectivity index (χ4v) is 3.59. The lowest BCUT2D eigenvalue weighted by molar-refractivity contribution is 0.292. The summed E-state index contributed by atoms with van der Waals surface area (Å²) in [6.07, 6.45) is 4.60. The van der Waals surface area contributed by atoms with Crippen LogP contribution in [-0.4, -0.2) is 29.2 Å². The number of aryl methyl sites for hydroxylation is 3. The Morgan fingerprint density at radius 2 is 1.82 bits per heavy atom. The van der Waals surface area contributed by atoms with Crippen LogP contribution in [0.5, 0.6) is 5.75 Å². The number of rotatable bonds is 10. The summed E-state index contributed by atoms with van der Waals surface area (Å²) in [7, 11) is 1.74. The van der Waals surface area contributed by atoms with Crippen LogP contribution in [0.1, 0.15) is 51.2 Å². The fraction of sp³-hybridized carbons (Fsp3) is 0.435. The van der Waals surface area contributed by atoms with Crippen LogP contribution < -0.4 is 16.0 Å². The van der Waals surface area contributed by atoms with Crippen molar-refractivity contribution in [3.8, 4) is 17.1 Å². The Bertz CT molecular complexity index is 1350. The molecule has 174 valence electrons. The van der Waals surface area contributed by atoms with Crippen molar-refractivity contribution in [2.45, 2.75) is 59.1 Å². The van der Waals surface area contributed by atoms with Gasteiger partial charge in [0.15, 0.2) is 11.2 Å². The van der Waals surface area contributed by atoms with Gasteiger partial charge in [-0.05, 0) is 37.1 Å². The second kappa shape index (κ2) is 9.85. The summed E-state index contributed by atoms with van der Waals surface area (Å²) in [4.78, 5) is 36.0. The van der Waals surface area contributed by atoms with Crippen molar-refractivity contribution in [3.05, 3.63) is 56.8 Å². The zero-order valence-electron chi connectivity index (χ0n) is 19.1. The fourth-order valence-electron chi connectivity index (χ4n) is 3.59. The van der Waals surface area contributed by atoms with E-state index in [2.05, 4.69) is 27.0 Å². The molecular weight excluding hydrogens is 424 g/mol. The number of aromatic nitrogens is 6. The molecule has 0 radical (unpaired) electrons. The second-order valence-corrected chi connectivity index (χ2v) is 7.95. The van der Waals surface area contributed by atoms with Crippen LogP contribution in [0.15, 0.2) is 38.4 Å². The molecule has 10 heteroatoms. The van der Waals surface area contributed by atoms with Crippen LogP contribution in [0.3, 0.4) is 0 Å². The maximum atomic E-state index is 12.4. The van der Waals surface area contributed by atoms with Gasteiger partial charge in [0.25, 0.3) is 5.56 Å². The second-order valence-electron chi connectivity index (χ2n) is 7.95. The molecule has 1 aromatic carbocycles. The summed E-state index contributed by atoms with van der Waals surface area (Å²) in [5.41, 5.74) is 0.677. The SMILES string of the molecule is CCCCc1nc(-c2ccc(OCc3nc4c(c(=O)[nH]c(=O)n4CCCC)n3C)cc2)no1. The largest absolute Gasteiger partial charge is 0.486 e. The van der Waals surface area contributed by atoms with E-state index in [1.54, 1.807) is 11.6 Å². The summed E-state index contributed by atoms with van der Waals surface area (Å²) in [5, 5.41) is 4.04. The quantitative estimate of drug-likeness (QED) is 0.392. The Kier molecular flexibility index (Phi) is 6.71. The highest BCUT2D eigenvalue weighted by atomic mass is 16.5. The maximum Gasteiger partial charge on any atom is 0.330 e. The van der Waals surface area contributed by atoms with Crippen molar-refractivity contribution in [1.82, 2.24) is 29.2 Å². The van der Waals surface area contributed by atoms with E-state index in [0.29, 0.717) is 41.0 Å². The van der Waals surface area contributed by atoms with E-state index >= 15 is 0 Å². The molecule has 3 aromatic heterocycles. The van der Waals surface area contributed by atoms with Crippen LogP contribution in [0.25, 0.3) is 22.6 Å². The smallest absolute Gasteiger partial charge is 0.330 e. The molecule has 33 heavy (non-hydrogen) atoms. The monoisotopic (exact) mass is 452 g/mol. The van der Waals surface area contributed by atoms with Crippen molar-refractivity contribution < 1.29 is 9.26 Å². The first-order valence-corrected chi connectivity index (χ1v) is 11.3. The summed E-state index contributed by atoms with van der Waals surface area (Å²) < 4.78 is 14.4. The number of imidazole rings is 1. The number of nitrogens with one attached hydrogen (secondary N) is 1. The number of H-pyrrole nitrogens is 1. The van der Waals surface area contributed by atoms with Gasteiger partial charge in [0.2, 0.25) is 11.7 Å². The number of benzene rings is 1. The number of nitrogens with zero attached hydrogens (tertiary/aromatic N) is 5. The first-order chi connectivity index (χ1) is 16.0. The number of aromatic amines is 1. The topological polar surface area (TPSA) is 121 Å². The number of unbranched alkanes of at least 4 members (excludes halogenated alkanes) is 2. The number of hydrogen-bond donors (Lipinski definition) is 1. The van der Waals surface area contributed by atoms with Gasteiger partial charge in [-0.3, -0.25) is 14.3 Å². The van der Waals surface area contributed by atoms with Crippen LogP contribution in [-0.2, 0) is 26.6 Å². The van der Waals surface area contributed by atoms with Gasteiger partial charge in [-0.1, -0.05) is 31.8 Å². The molecule has 0 unspecified atom stereocenters. The molecule has 0 saturated carbocycles. The van der Waals surface area contributed by atoms with Gasteiger partial charge in [-0.2, -0.15) is 4.98 Å². The molecule has 0 bridgehead atoms. The Morgan fingerprint density at radius 1 is 1.06 bits per heavy atom. The Hall–Kier alpha value is -3.69. The van der Waals surface area contributed by atoms with E-state index < -0.39 is 11.2 Å². The van der Waals surface area contributed by atoms with Crippen LogP contribution in [0, 0.1) is 0 Å². The van der Waals surface area contributed by atoms with E-state index in [-0.39, 0.29) is 6.61 Å². The van der Waals surface area contributed by atoms with Gasteiger partial charge in [0.1, 0.15) is 18.2 Å². The molecule has 3 heterocycles. The van der Waals surface area contributed by atoms with Gasteiger partial charge in [-0.25, -0.2) is 9.78 Å². The van der Waals surface area contributed by atoms with Crippen molar-refractivity contribution >= 4 is 11.2 Å². The van der Waals surface area contributed by atoms with Crippen LogP contribution in [0.4, 0.5) is 0 Å². The van der Waals surface area contributed by atoms with E-state index in [1.807, 2.05) is 31.2 Å². The third kappa shape index (κ3) is 4.74. The average molecular weight is 453 g/mol. The number of fused-ring (bicyclic) bond motifs is 1. The molecule has 4 aromatic rings. The third-order valence-electron chi connectivity index (χ3n) is 5.53.